The number of aliphatic hydroxyl groups excluding tert-OH is 1. The van der Waals surface area contributed by atoms with E-state index in [1.165, 1.54) is 0 Å². The molecule has 0 heterocycles. The smallest absolute Gasteiger partial charge is 0.326 e. The summed E-state index contributed by atoms with van der Waals surface area (Å²) in [5.74, 6) is -3.72. The largest absolute Gasteiger partial charge is 0.480 e. The van der Waals surface area contributed by atoms with Gasteiger partial charge in [-0.3, -0.25) is 14.4 Å². The second-order valence-corrected chi connectivity index (χ2v) is 8.28. The third-order valence-corrected chi connectivity index (χ3v) is 4.36. The molecular formula is C19H36N4O6. The topological polar surface area (TPSA) is 171 Å². The van der Waals surface area contributed by atoms with E-state index in [1.54, 1.807) is 27.7 Å². The molecule has 0 aromatic rings. The molecule has 0 saturated carbocycles. The molecule has 0 aromatic heterocycles. The Morgan fingerprint density at radius 3 is 1.66 bits per heavy atom. The number of aliphatic hydroxyl groups is 1. The van der Waals surface area contributed by atoms with E-state index in [-0.39, 0.29) is 17.8 Å². The van der Waals surface area contributed by atoms with Crippen molar-refractivity contribution in [2.75, 3.05) is 6.61 Å². The maximum absolute atomic E-state index is 12.5. The quantitative estimate of drug-likeness (QED) is 0.242. The Morgan fingerprint density at radius 1 is 0.793 bits per heavy atom. The van der Waals surface area contributed by atoms with Crippen LogP contribution in [0.2, 0.25) is 0 Å². The second kappa shape index (κ2) is 12.4. The van der Waals surface area contributed by atoms with E-state index >= 15 is 0 Å². The Bertz CT molecular complexity index is 579. The highest BCUT2D eigenvalue weighted by Crippen LogP contribution is 2.07. The predicted molar refractivity (Wildman–Crippen MR) is 108 cm³/mol. The van der Waals surface area contributed by atoms with Crippen molar-refractivity contribution in [1.29, 1.82) is 0 Å². The van der Waals surface area contributed by atoms with E-state index in [1.807, 2.05) is 13.8 Å². The first-order chi connectivity index (χ1) is 13.3. The molecule has 0 radical (unpaired) electrons. The lowest BCUT2D eigenvalue weighted by molar-refractivity contribution is -0.144. The van der Waals surface area contributed by atoms with Crippen LogP contribution in [0.15, 0.2) is 0 Å². The Kier molecular flexibility index (Phi) is 11.4. The molecule has 0 aliphatic carbocycles. The molecule has 0 rings (SSSR count). The molecule has 10 nitrogen and oxygen atoms in total. The highest BCUT2D eigenvalue weighted by atomic mass is 16.4. The van der Waals surface area contributed by atoms with Crippen LogP contribution in [0, 0.1) is 17.8 Å². The zero-order valence-electron chi connectivity index (χ0n) is 18.1. The lowest BCUT2D eigenvalue weighted by Crippen LogP contribution is -2.59. The molecule has 0 aromatic carbocycles. The van der Waals surface area contributed by atoms with Gasteiger partial charge < -0.3 is 31.9 Å². The van der Waals surface area contributed by atoms with Crippen molar-refractivity contribution in [2.24, 2.45) is 23.5 Å². The molecule has 29 heavy (non-hydrogen) atoms. The van der Waals surface area contributed by atoms with Crippen LogP contribution >= 0.6 is 0 Å². The van der Waals surface area contributed by atoms with E-state index in [0.717, 1.165) is 0 Å². The average Bonchev–Trinajstić information content (AvgIpc) is 2.59. The van der Waals surface area contributed by atoms with Crippen molar-refractivity contribution in [2.45, 2.75) is 72.1 Å². The fraction of sp³-hybridized carbons (Fsp3) is 0.789. The van der Waals surface area contributed by atoms with Gasteiger partial charge in [0.15, 0.2) is 0 Å². The van der Waals surface area contributed by atoms with Gasteiger partial charge in [-0.25, -0.2) is 4.79 Å². The number of carboxylic acid groups (broad SMARTS) is 1. The zero-order valence-corrected chi connectivity index (χ0v) is 18.1. The summed E-state index contributed by atoms with van der Waals surface area (Å²) in [6.07, 6.45) is 0.411. The fourth-order valence-corrected chi connectivity index (χ4v) is 2.63. The SMILES string of the molecule is CC(C)CC(N)C(=O)NC(CO)C(=O)NC(C(=O)NC(C(=O)O)C(C)C)C(C)C. The van der Waals surface area contributed by atoms with Crippen LogP contribution in [0.5, 0.6) is 0 Å². The van der Waals surface area contributed by atoms with Crippen LogP contribution in [-0.2, 0) is 19.2 Å². The summed E-state index contributed by atoms with van der Waals surface area (Å²) in [7, 11) is 0. The fourth-order valence-electron chi connectivity index (χ4n) is 2.63. The number of hydrogen-bond donors (Lipinski definition) is 6. The summed E-state index contributed by atoms with van der Waals surface area (Å²) < 4.78 is 0. The lowest BCUT2D eigenvalue weighted by Gasteiger charge is -2.27. The van der Waals surface area contributed by atoms with Gasteiger partial charge in [-0.2, -0.15) is 0 Å². The van der Waals surface area contributed by atoms with Gasteiger partial charge in [0.2, 0.25) is 17.7 Å². The first-order valence-corrected chi connectivity index (χ1v) is 9.82. The molecule has 0 saturated heterocycles. The highest BCUT2D eigenvalue weighted by molar-refractivity contribution is 5.94. The Balaban J connectivity index is 5.16. The number of aliphatic carboxylic acids is 1. The van der Waals surface area contributed by atoms with Crippen LogP contribution in [0.25, 0.3) is 0 Å². The van der Waals surface area contributed by atoms with Gasteiger partial charge in [0.25, 0.3) is 0 Å². The van der Waals surface area contributed by atoms with Crippen LogP contribution in [-0.4, -0.2) is 64.7 Å². The molecule has 0 bridgehead atoms. The minimum absolute atomic E-state index is 0.175. The molecule has 0 aliphatic rings. The number of amides is 3. The highest BCUT2D eigenvalue weighted by Gasteiger charge is 2.32. The van der Waals surface area contributed by atoms with Crippen molar-refractivity contribution >= 4 is 23.7 Å². The van der Waals surface area contributed by atoms with Gasteiger partial charge in [-0.05, 0) is 24.2 Å². The summed E-state index contributed by atoms with van der Waals surface area (Å²) in [5, 5.41) is 26.0. The van der Waals surface area contributed by atoms with Gasteiger partial charge in [-0.1, -0.05) is 41.5 Å². The maximum atomic E-state index is 12.5. The second-order valence-electron chi connectivity index (χ2n) is 8.28. The lowest BCUT2D eigenvalue weighted by atomic mass is 10.00. The number of carbonyl (C=O) groups excluding carboxylic acids is 3. The van der Waals surface area contributed by atoms with E-state index in [4.69, 9.17) is 5.73 Å². The molecule has 0 fully saturated rings. The van der Waals surface area contributed by atoms with Gasteiger partial charge in [0.05, 0.1) is 12.6 Å². The molecular weight excluding hydrogens is 380 g/mol. The summed E-state index contributed by atoms with van der Waals surface area (Å²) in [6, 6.07) is -4.26. The first kappa shape index (κ1) is 26.8. The van der Waals surface area contributed by atoms with E-state index < -0.39 is 54.5 Å². The number of rotatable bonds is 12. The minimum atomic E-state index is -1.28. The van der Waals surface area contributed by atoms with E-state index in [2.05, 4.69) is 16.0 Å². The monoisotopic (exact) mass is 416 g/mol. The Labute approximate surface area is 172 Å². The molecule has 4 unspecified atom stereocenters. The molecule has 0 spiro atoms. The van der Waals surface area contributed by atoms with Crippen LogP contribution < -0.4 is 21.7 Å². The maximum Gasteiger partial charge on any atom is 0.326 e. The van der Waals surface area contributed by atoms with Gasteiger partial charge in [0, 0.05) is 0 Å². The molecule has 168 valence electrons. The van der Waals surface area contributed by atoms with Crippen LogP contribution in [0.4, 0.5) is 0 Å². The van der Waals surface area contributed by atoms with E-state index in [9.17, 15) is 29.4 Å². The summed E-state index contributed by atoms with van der Waals surface area (Å²) in [6.45, 7) is 9.79. The molecule has 3 amide bonds. The van der Waals surface area contributed by atoms with Gasteiger partial charge in [0.1, 0.15) is 18.1 Å². The molecule has 0 aliphatic heterocycles. The number of hydrogen-bond acceptors (Lipinski definition) is 6. The van der Waals surface area contributed by atoms with Crippen molar-refractivity contribution in [1.82, 2.24) is 16.0 Å². The average molecular weight is 417 g/mol. The van der Waals surface area contributed by atoms with Gasteiger partial charge in [-0.15, -0.1) is 0 Å². The summed E-state index contributed by atoms with van der Waals surface area (Å²) >= 11 is 0. The summed E-state index contributed by atoms with van der Waals surface area (Å²) in [5.41, 5.74) is 5.79. The van der Waals surface area contributed by atoms with Crippen molar-refractivity contribution in [3.05, 3.63) is 0 Å². The van der Waals surface area contributed by atoms with E-state index in [0.29, 0.717) is 6.42 Å². The van der Waals surface area contributed by atoms with Crippen molar-refractivity contribution < 1.29 is 29.4 Å². The standard InChI is InChI=1S/C19H36N4O6/c1-9(2)7-12(20)16(25)21-13(8-24)17(26)22-14(10(3)4)18(27)23-15(11(5)6)19(28)29/h9-15,24H,7-8,20H2,1-6H3,(H,21,25)(H,22,26)(H,23,27)(H,28,29). The normalized spacial score (nSPS) is 15.6. The minimum Gasteiger partial charge on any atom is -0.480 e. The number of carboxylic acids is 1. The van der Waals surface area contributed by atoms with Crippen LogP contribution in [0.1, 0.15) is 48.0 Å². The number of carbonyl (C=O) groups is 4. The number of nitrogens with two attached hydrogens (primary N) is 1. The molecule has 10 heteroatoms. The van der Waals surface area contributed by atoms with Crippen LogP contribution in [0.3, 0.4) is 0 Å². The zero-order chi connectivity index (χ0) is 22.9. The summed E-state index contributed by atoms with van der Waals surface area (Å²) in [4.78, 5) is 48.5. The number of nitrogens with one attached hydrogen (secondary N) is 3. The predicted octanol–water partition coefficient (Wildman–Crippen LogP) is -0.797. The first-order valence-electron chi connectivity index (χ1n) is 9.82. The Hall–Kier alpha value is -2.20. The molecule has 4 atom stereocenters. The third-order valence-electron chi connectivity index (χ3n) is 4.36. The molecule has 7 N–H and O–H groups in total. The van der Waals surface area contributed by atoms with Gasteiger partial charge >= 0.3 is 5.97 Å². The Morgan fingerprint density at radius 2 is 1.28 bits per heavy atom. The van der Waals surface area contributed by atoms with Crippen molar-refractivity contribution in [3.8, 4) is 0 Å². The third kappa shape index (κ3) is 9.23. The van der Waals surface area contributed by atoms with Crippen molar-refractivity contribution in [3.63, 3.8) is 0 Å².